The number of carbonyl (C=O) groups excluding carboxylic acids is 6. The molecule has 0 amide bonds. The van der Waals surface area contributed by atoms with Crippen molar-refractivity contribution < 1.29 is 40.5 Å². The number of hydrogen-bond donors (Lipinski definition) is 0. The van der Waals surface area contributed by atoms with Crippen molar-refractivity contribution in [2.24, 2.45) is 0 Å². The molecule has 0 saturated heterocycles. The Morgan fingerprint density at radius 1 is 0.462 bits per heavy atom. The fourth-order valence-corrected chi connectivity index (χ4v) is 1.65. The summed E-state index contributed by atoms with van der Waals surface area (Å²) in [4.78, 5) is 61.7. The van der Waals surface area contributed by atoms with Crippen LogP contribution in [0.25, 0.3) is 0 Å². The molecule has 0 saturated carbocycles. The summed E-state index contributed by atoms with van der Waals surface area (Å²) >= 11 is -7.47. The van der Waals surface area contributed by atoms with E-state index in [0.717, 1.165) is 0 Å². The van der Waals surface area contributed by atoms with Gasteiger partial charge in [-0.15, -0.1) is 0 Å². The first-order valence-electron chi connectivity index (χ1n) is 2.57. The minimum atomic E-state index is -7.47. The molecule has 0 aliphatic rings. The molecule has 0 aliphatic heterocycles. The maximum absolute atomic E-state index is 10.3. The molecule has 0 heterocycles. The molecule has 6 nitrogen and oxygen atoms in total. The zero-order valence-electron chi connectivity index (χ0n) is 5.90. The van der Waals surface area contributed by atoms with Gasteiger partial charge in [-0.25, -0.2) is 0 Å². The zero-order chi connectivity index (χ0) is 10.7. The Morgan fingerprint density at radius 2 is 0.615 bits per heavy atom. The zero-order valence-corrected chi connectivity index (χ0v) is 8.10. The summed E-state index contributed by atoms with van der Waals surface area (Å²) in [7, 11) is 0. The van der Waals surface area contributed by atoms with Crippen LogP contribution in [-0.2, 0) is 40.5 Å². The molecule has 7 heteroatoms. The summed E-state index contributed by atoms with van der Waals surface area (Å²) in [6.07, 6.45) is 0. The topological polar surface area (TPSA) is 102 Å². The Morgan fingerprint density at radius 3 is 0.615 bits per heavy atom. The van der Waals surface area contributed by atoms with Crippen LogP contribution in [0.1, 0.15) is 0 Å². The van der Waals surface area contributed by atoms with Gasteiger partial charge in [-0.1, -0.05) is 0 Å². The van der Waals surface area contributed by atoms with E-state index in [1.807, 2.05) is 0 Å². The first kappa shape index (κ1) is 11.2. The van der Waals surface area contributed by atoms with Crippen LogP contribution in [0.2, 0.25) is 0 Å². The first-order chi connectivity index (χ1) is 5.97. The van der Waals surface area contributed by atoms with Crippen molar-refractivity contribution in [2.45, 2.75) is 0 Å². The fourth-order valence-electron chi connectivity index (χ4n) is 0.280. The minimum absolute atomic E-state index is 0.519. The van der Waals surface area contributed by atoms with Gasteiger partial charge >= 0.3 is 65.0 Å². The Hall–Kier alpha value is -1.78. The SMILES string of the molecule is O=[C]=[Nb](=[C]=O)(=[C]=O)(=[C]=O)(=[C]=O)=[C]=O. The molecular formula is C6NbO6. The molecule has 0 bridgehead atoms. The van der Waals surface area contributed by atoms with Crippen molar-refractivity contribution in [2.75, 3.05) is 0 Å². The van der Waals surface area contributed by atoms with E-state index in [2.05, 4.69) is 0 Å². The monoisotopic (exact) mass is 261 g/mol. The predicted molar refractivity (Wildman–Crippen MR) is 34.2 cm³/mol. The van der Waals surface area contributed by atoms with Gasteiger partial charge in [0.25, 0.3) is 0 Å². The van der Waals surface area contributed by atoms with Crippen molar-refractivity contribution in [1.82, 2.24) is 0 Å². The van der Waals surface area contributed by atoms with E-state index in [1.54, 1.807) is 0 Å². The van der Waals surface area contributed by atoms with E-state index in [4.69, 9.17) is 0 Å². The van der Waals surface area contributed by atoms with Gasteiger partial charge in [-0.2, -0.15) is 0 Å². The standard InChI is InChI=1S/6CO.Nb/c6*1-2;. The molecule has 0 atom stereocenters. The van der Waals surface area contributed by atoms with Gasteiger partial charge in [-0.05, 0) is 0 Å². The molecule has 0 aromatic rings. The van der Waals surface area contributed by atoms with Gasteiger partial charge in [0.05, 0.1) is 0 Å². The molecule has 0 aliphatic carbocycles. The number of rotatable bonds is 0. The van der Waals surface area contributed by atoms with Crippen molar-refractivity contribution in [1.29, 1.82) is 0 Å². The Bertz CT molecular complexity index is 786. The Kier molecular flexibility index (Phi) is 2.03. The van der Waals surface area contributed by atoms with Crippen LogP contribution < -0.4 is 0 Å². The molecule has 0 aromatic heterocycles. The molecular weight excluding hydrogens is 261 g/mol. The maximum atomic E-state index is 10.3. The Labute approximate surface area is 65.3 Å². The number of hydrogen-bond acceptors (Lipinski definition) is 6. The quantitative estimate of drug-likeness (QED) is 0.451. The van der Waals surface area contributed by atoms with Crippen LogP contribution in [0.15, 0.2) is 0 Å². The van der Waals surface area contributed by atoms with Crippen LogP contribution >= 0.6 is 0 Å². The van der Waals surface area contributed by atoms with E-state index < -0.39 is 11.7 Å². The molecule has 0 rings (SSSR count). The van der Waals surface area contributed by atoms with E-state index in [0.29, 0.717) is 24.5 Å². The molecule has 0 N–H and O–H groups in total. The van der Waals surface area contributed by atoms with E-state index in [1.165, 1.54) is 0 Å². The third-order valence-corrected chi connectivity index (χ3v) is 8.10. The average Bonchev–Trinajstić information content (AvgIpc) is 2.26. The molecule has 13 heavy (non-hydrogen) atoms. The summed E-state index contributed by atoms with van der Waals surface area (Å²) in [5.74, 6) is 0. The van der Waals surface area contributed by atoms with E-state index in [9.17, 15) is 28.8 Å². The van der Waals surface area contributed by atoms with Gasteiger partial charge < -0.3 is 0 Å². The Balaban J connectivity index is 11.0. The molecule has 0 radical (unpaired) electrons. The normalized spacial score (nSPS) is 8.31. The van der Waals surface area contributed by atoms with Crippen LogP contribution in [0.5, 0.6) is 0 Å². The van der Waals surface area contributed by atoms with Crippen molar-refractivity contribution in [3.8, 4) is 0 Å². The predicted octanol–water partition coefficient (Wildman–Crippen LogP) is -2.39. The summed E-state index contributed by atoms with van der Waals surface area (Å²) in [6.45, 7) is 0. The van der Waals surface area contributed by atoms with Gasteiger partial charge in [0.2, 0.25) is 0 Å². The average molecular weight is 261 g/mol. The van der Waals surface area contributed by atoms with Gasteiger partial charge in [0.1, 0.15) is 0 Å². The molecule has 0 aromatic carbocycles. The summed E-state index contributed by atoms with van der Waals surface area (Å²) < 4.78 is 3.11. The van der Waals surface area contributed by atoms with Crippen molar-refractivity contribution in [3.63, 3.8) is 0 Å². The van der Waals surface area contributed by atoms with Crippen LogP contribution in [0.3, 0.4) is 0 Å². The molecule has 0 fully saturated rings. The van der Waals surface area contributed by atoms with Crippen molar-refractivity contribution >= 4 is 24.5 Å². The van der Waals surface area contributed by atoms with Gasteiger partial charge in [0, 0.05) is 0 Å². The van der Waals surface area contributed by atoms with Crippen LogP contribution in [0, 0.1) is 0 Å². The molecule has 0 spiro atoms. The van der Waals surface area contributed by atoms with E-state index >= 15 is 0 Å². The van der Waals surface area contributed by atoms with Crippen LogP contribution in [0.4, 0.5) is 0 Å². The fraction of sp³-hybridized carbons (Fsp3) is 0. The summed E-state index contributed by atoms with van der Waals surface area (Å²) in [5, 5.41) is 0. The second-order valence-electron chi connectivity index (χ2n) is 2.22. The summed E-state index contributed by atoms with van der Waals surface area (Å²) in [6, 6.07) is 0. The van der Waals surface area contributed by atoms with Gasteiger partial charge in [-0.3, -0.25) is 0 Å². The summed E-state index contributed by atoms with van der Waals surface area (Å²) in [5.41, 5.74) is 0. The second-order valence-corrected chi connectivity index (χ2v) is 13.2. The third kappa shape index (κ3) is 0.867. The van der Waals surface area contributed by atoms with Crippen molar-refractivity contribution in [3.05, 3.63) is 0 Å². The van der Waals surface area contributed by atoms with Gasteiger partial charge in [0.15, 0.2) is 0 Å². The molecule has 65 valence electrons. The van der Waals surface area contributed by atoms with Crippen LogP contribution in [-0.4, -0.2) is 24.5 Å². The first-order valence-corrected chi connectivity index (χ1v) is 9.16. The van der Waals surface area contributed by atoms with E-state index in [-0.39, 0.29) is 0 Å². The molecule has 0 unspecified atom stereocenters. The second kappa shape index (κ2) is 2.35. The third-order valence-electron chi connectivity index (χ3n) is 1.37.